The van der Waals surface area contributed by atoms with Crippen molar-refractivity contribution in [2.24, 2.45) is 16.7 Å². The number of piperidine rings is 1. The van der Waals surface area contributed by atoms with Crippen LogP contribution in [0.15, 0.2) is 0 Å². The minimum absolute atomic E-state index is 0.214. The van der Waals surface area contributed by atoms with E-state index in [1.165, 1.54) is 19.3 Å². The van der Waals surface area contributed by atoms with E-state index >= 15 is 0 Å². The maximum absolute atomic E-state index is 11.5. The standard InChI is InChI=1S/C11H17NO2/c13-9(14)11(1-3-12-4-2-11)10-5-8(6-10)7-10/h8,12H,1-7H2,(H,13,14). The van der Waals surface area contributed by atoms with Crippen molar-refractivity contribution in [3.63, 3.8) is 0 Å². The first-order valence-electron chi connectivity index (χ1n) is 5.63. The lowest BCUT2D eigenvalue weighted by atomic mass is 9.34. The van der Waals surface area contributed by atoms with Gasteiger partial charge in [-0.2, -0.15) is 0 Å². The molecule has 4 fully saturated rings. The highest BCUT2D eigenvalue weighted by Crippen LogP contribution is 2.74. The summed E-state index contributed by atoms with van der Waals surface area (Å²) >= 11 is 0. The summed E-state index contributed by atoms with van der Waals surface area (Å²) in [4.78, 5) is 11.5. The van der Waals surface area contributed by atoms with E-state index in [2.05, 4.69) is 5.32 Å². The molecule has 0 aromatic carbocycles. The second kappa shape index (κ2) is 2.51. The van der Waals surface area contributed by atoms with Crippen molar-refractivity contribution in [3.05, 3.63) is 0 Å². The van der Waals surface area contributed by atoms with Crippen LogP contribution in [0.4, 0.5) is 0 Å². The van der Waals surface area contributed by atoms with Gasteiger partial charge in [-0.15, -0.1) is 0 Å². The third kappa shape index (κ3) is 0.800. The molecule has 4 aliphatic rings. The maximum atomic E-state index is 11.5. The van der Waals surface area contributed by atoms with Crippen molar-refractivity contribution < 1.29 is 9.90 Å². The summed E-state index contributed by atoms with van der Waals surface area (Å²) < 4.78 is 0. The highest BCUT2D eigenvalue weighted by Gasteiger charge is 2.69. The highest BCUT2D eigenvalue weighted by atomic mass is 16.4. The summed E-state index contributed by atoms with van der Waals surface area (Å²) in [6, 6.07) is 0. The molecular weight excluding hydrogens is 178 g/mol. The van der Waals surface area contributed by atoms with E-state index < -0.39 is 5.97 Å². The van der Waals surface area contributed by atoms with Crippen LogP contribution in [0.2, 0.25) is 0 Å². The van der Waals surface area contributed by atoms with Crippen LogP contribution in [0.3, 0.4) is 0 Å². The maximum Gasteiger partial charge on any atom is 0.310 e. The van der Waals surface area contributed by atoms with E-state index in [0.717, 1.165) is 31.8 Å². The molecule has 0 unspecified atom stereocenters. The highest BCUT2D eigenvalue weighted by molar-refractivity contribution is 5.77. The average molecular weight is 195 g/mol. The Morgan fingerprint density at radius 1 is 1.21 bits per heavy atom. The zero-order chi connectivity index (χ0) is 9.81. The Kier molecular flexibility index (Phi) is 1.56. The van der Waals surface area contributed by atoms with Crippen LogP contribution in [-0.2, 0) is 4.79 Å². The summed E-state index contributed by atoms with van der Waals surface area (Å²) in [7, 11) is 0. The lowest BCUT2D eigenvalue weighted by molar-refractivity contribution is -0.222. The molecule has 0 aromatic rings. The first kappa shape index (κ1) is 8.72. The van der Waals surface area contributed by atoms with Crippen molar-refractivity contribution in [2.45, 2.75) is 32.1 Å². The fourth-order valence-corrected chi connectivity index (χ4v) is 3.89. The van der Waals surface area contributed by atoms with E-state index in [1.54, 1.807) is 0 Å². The number of hydrogen-bond acceptors (Lipinski definition) is 2. The van der Waals surface area contributed by atoms with Crippen molar-refractivity contribution in [2.75, 3.05) is 13.1 Å². The van der Waals surface area contributed by atoms with Gasteiger partial charge in [-0.05, 0) is 56.5 Å². The van der Waals surface area contributed by atoms with E-state index in [9.17, 15) is 9.90 Å². The molecule has 0 radical (unpaired) electrons. The van der Waals surface area contributed by atoms with Gasteiger partial charge in [0.15, 0.2) is 0 Å². The third-order valence-corrected chi connectivity index (χ3v) is 4.92. The number of nitrogens with one attached hydrogen (secondary N) is 1. The van der Waals surface area contributed by atoms with Crippen molar-refractivity contribution in [1.29, 1.82) is 0 Å². The molecule has 14 heavy (non-hydrogen) atoms. The van der Waals surface area contributed by atoms with Crippen LogP contribution < -0.4 is 5.32 Å². The van der Waals surface area contributed by atoms with E-state index in [0.29, 0.717) is 0 Å². The normalized spacial score (nSPS) is 43.6. The first-order valence-corrected chi connectivity index (χ1v) is 5.63. The number of aliphatic carboxylic acids is 1. The van der Waals surface area contributed by atoms with Crippen LogP contribution in [0.25, 0.3) is 0 Å². The van der Waals surface area contributed by atoms with Crippen molar-refractivity contribution in [1.82, 2.24) is 5.32 Å². The van der Waals surface area contributed by atoms with Crippen molar-refractivity contribution >= 4 is 5.97 Å². The molecular formula is C11H17NO2. The molecule has 0 spiro atoms. The predicted molar refractivity (Wildman–Crippen MR) is 51.9 cm³/mol. The molecule has 0 atom stereocenters. The fraction of sp³-hybridized carbons (Fsp3) is 0.909. The van der Waals surface area contributed by atoms with Gasteiger partial charge >= 0.3 is 5.97 Å². The summed E-state index contributed by atoms with van der Waals surface area (Å²) in [5.74, 6) is 0.346. The molecule has 0 aromatic heterocycles. The smallest absolute Gasteiger partial charge is 0.310 e. The topological polar surface area (TPSA) is 49.3 Å². The second-order valence-corrected chi connectivity index (χ2v) is 5.40. The summed E-state index contributed by atoms with van der Waals surface area (Å²) in [5, 5.41) is 12.8. The van der Waals surface area contributed by atoms with Gasteiger partial charge in [-0.1, -0.05) is 0 Å². The zero-order valence-electron chi connectivity index (χ0n) is 8.38. The van der Waals surface area contributed by atoms with Gasteiger partial charge in [0.25, 0.3) is 0 Å². The molecule has 1 aliphatic heterocycles. The number of carbonyl (C=O) groups is 1. The molecule has 4 rings (SSSR count). The van der Waals surface area contributed by atoms with E-state index in [-0.39, 0.29) is 10.8 Å². The Morgan fingerprint density at radius 2 is 1.79 bits per heavy atom. The monoisotopic (exact) mass is 195 g/mol. The number of carboxylic acid groups (broad SMARTS) is 1. The Labute approximate surface area is 83.9 Å². The van der Waals surface area contributed by atoms with Gasteiger partial charge in [0.2, 0.25) is 0 Å². The molecule has 78 valence electrons. The molecule has 3 saturated carbocycles. The molecule has 3 heteroatoms. The molecule has 1 saturated heterocycles. The van der Waals surface area contributed by atoms with Crippen LogP contribution in [0.5, 0.6) is 0 Å². The van der Waals surface area contributed by atoms with Crippen LogP contribution in [0, 0.1) is 16.7 Å². The molecule has 2 bridgehead atoms. The van der Waals surface area contributed by atoms with Crippen LogP contribution in [0.1, 0.15) is 32.1 Å². The second-order valence-electron chi connectivity index (χ2n) is 5.40. The quantitative estimate of drug-likeness (QED) is 0.697. The molecule has 1 heterocycles. The molecule has 3 aliphatic carbocycles. The van der Waals surface area contributed by atoms with Gasteiger partial charge in [0, 0.05) is 0 Å². The lowest BCUT2D eigenvalue weighted by Gasteiger charge is -2.69. The summed E-state index contributed by atoms with van der Waals surface area (Å²) in [6.45, 7) is 1.78. The van der Waals surface area contributed by atoms with E-state index in [4.69, 9.17) is 0 Å². The fourth-order valence-electron chi connectivity index (χ4n) is 3.89. The molecule has 2 N–H and O–H groups in total. The van der Waals surface area contributed by atoms with Crippen LogP contribution >= 0.6 is 0 Å². The Bertz CT molecular complexity index is 264. The van der Waals surface area contributed by atoms with E-state index in [1.807, 2.05) is 0 Å². The van der Waals surface area contributed by atoms with Gasteiger partial charge in [0.1, 0.15) is 0 Å². The summed E-state index contributed by atoms with van der Waals surface area (Å²) in [6.07, 6.45) is 5.27. The average Bonchev–Trinajstić information content (AvgIpc) is 2.00. The Morgan fingerprint density at radius 3 is 2.14 bits per heavy atom. The Hall–Kier alpha value is -0.570. The third-order valence-electron chi connectivity index (χ3n) is 4.92. The number of carboxylic acids is 1. The van der Waals surface area contributed by atoms with Crippen LogP contribution in [-0.4, -0.2) is 24.2 Å². The zero-order valence-corrected chi connectivity index (χ0v) is 8.38. The summed E-state index contributed by atoms with van der Waals surface area (Å²) in [5.41, 5.74) is -0.154. The lowest BCUT2D eigenvalue weighted by Crippen LogP contribution is -2.66. The largest absolute Gasteiger partial charge is 0.481 e. The predicted octanol–water partition coefficient (Wildman–Crippen LogP) is 1.24. The minimum Gasteiger partial charge on any atom is -0.481 e. The molecule has 3 nitrogen and oxygen atoms in total. The van der Waals surface area contributed by atoms with Gasteiger partial charge in [-0.3, -0.25) is 4.79 Å². The Balaban J connectivity index is 1.90. The van der Waals surface area contributed by atoms with Gasteiger partial charge in [-0.25, -0.2) is 0 Å². The number of hydrogen-bond donors (Lipinski definition) is 2. The van der Waals surface area contributed by atoms with Gasteiger partial charge < -0.3 is 10.4 Å². The number of rotatable bonds is 2. The first-order chi connectivity index (χ1) is 6.69. The minimum atomic E-state index is -0.530. The van der Waals surface area contributed by atoms with Crippen molar-refractivity contribution in [3.8, 4) is 0 Å². The molecule has 0 amide bonds. The SMILES string of the molecule is O=C(O)C1(C23CC(C2)C3)CCNCC1. The van der Waals surface area contributed by atoms with Gasteiger partial charge in [0.05, 0.1) is 5.41 Å².